The standard InChI is InChI=1S/C29H36N2O11/c1-16(2)27(34)42-24-17(3)41-29(36)21(14-38-28(35)20(24)13-19-9-7-6-8-10-19)31-26(33)23-25(40-15-39-18(4)32)22(37-5)11-12-30-23/h6-12,16-17,20-21,24,26,31,33H,13-15H2,1-5H3/t17?,20-,21+,24+,26?/m1/s1. The van der Waals surface area contributed by atoms with Crippen molar-refractivity contribution in [3.63, 3.8) is 0 Å². The van der Waals surface area contributed by atoms with Gasteiger partial charge in [0, 0.05) is 19.2 Å². The number of nitrogens with zero attached hydrogens (tertiary/aromatic N) is 1. The number of methoxy groups -OCH3 is 1. The maximum Gasteiger partial charge on any atom is 0.327 e. The monoisotopic (exact) mass is 588 g/mol. The molecule has 1 aromatic carbocycles. The highest BCUT2D eigenvalue weighted by Crippen LogP contribution is 2.33. The Kier molecular flexibility index (Phi) is 11.6. The molecule has 2 aromatic rings. The number of ether oxygens (including phenoxy) is 6. The molecule has 0 amide bonds. The summed E-state index contributed by atoms with van der Waals surface area (Å²) in [5.41, 5.74) is 0.692. The van der Waals surface area contributed by atoms with Crippen LogP contribution in [0.5, 0.6) is 11.5 Å². The molecule has 1 aliphatic rings. The summed E-state index contributed by atoms with van der Waals surface area (Å²) in [5.74, 6) is -4.10. The maximum absolute atomic E-state index is 13.4. The van der Waals surface area contributed by atoms with Crippen molar-refractivity contribution in [2.24, 2.45) is 11.8 Å². The van der Waals surface area contributed by atoms with E-state index in [1.807, 2.05) is 30.3 Å². The Morgan fingerprint density at radius 1 is 1.14 bits per heavy atom. The van der Waals surface area contributed by atoms with Gasteiger partial charge >= 0.3 is 23.9 Å². The van der Waals surface area contributed by atoms with Gasteiger partial charge in [-0.05, 0) is 18.9 Å². The van der Waals surface area contributed by atoms with Crippen molar-refractivity contribution in [3.8, 4) is 11.5 Å². The molecule has 0 aliphatic carbocycles. The van der Waals surface area contributed by atoms with Gasteiger partial charge in [-0.3, -0.25) is 29.5 Å². The van der Waals surface area contributed by atoms with Gasteiger partial charge in [-0.15, -0.1) is 0 Å². The summed E-state index contributed by atoms with van der Waals surface area (Å²) < 4.78 is 32.4. The maximum atomic E-state index is 13.4. The highest BCUT2D eigenvalue weighted by atomic mass is 16.7. The summed E-state index contributed by atoms with van der Waals surface area (Å²) in [5, 5.41) is 13.6. The Morgan fingerprint density at radius 3 is 2.50 bits per heavy atom. The van der Waals surface area contributed by atoms with Crippen LogP contribution < -0.4 is 14.8 Å². The molecule has 13 heteroatoms. The van der Waals surface area contributed by atoms with Crippen LogP contribution in [0.15, 0.2) is 42.6 Å². The smallest absolute Gasteiger partial charge is 0.327 e. The zero-order chi connectivity index (χ0) is 30.8. The van der Waals surface area contributed by atoms with Crippen LogP contribution in [0.2, 0.25) is 0 Å². The van der Waals surface area contributed by atoms with Gasteiger partial charge in [0.15, 0.2) is 23.8 Å². The highest BCUT2D eigenvalue weighted by Gasteiger charge is 2.42. The number of aromatic nitrogens is 1. The van der Waals surface area contributed by atoms with Gasteiger partial charge < -0.3 is 33.5 Å². The number of hydrogen-bond acceptors (Lipinski definition) is 13. The Labute approximate surface area is 243 Å². The number of esters is 4. The van der Waals surface area contributed by atoms with E-state index in [2.05, 4.69) is 10.3 Å². The molecule has 1 fully saturated rings. The van der Waals surface area contributed by atoms with E-state index in [0.29, 0.717) is 0 Å². The van der Waals surface area contributed by atoms with Crippen LogP contribution in [-0.2, 0) is 44.5 Å². The third-order valence-corrected chi connectivity index (χ3v) is 6.36. The Hall–Kier alpha value is -4.23. The normalized spacial score (nSPS) is 21.6. The molecular weight excluding hydrogens is 552 g/mol. The van der Waals surface area contributed by atoms with E-state index in [4.69, 9.17) is 28.4 Å². The van der Waals surface area contributed by atoms with Crippen molar-refractivity contribution in [3.05, 3.63) is 53.9 Å². The van der Waals surface area contributed by atoms with Crippen molar-refractivity contribution < 1.29 is 52.7 Å². The van der Waals surface area contributed by atoms with Gasteiger partial charge in [0.2, 0.25) is 6.79 Å². The number of hydrogen-bond donors (Lipinski definition) is 2. The predicted octanol–water partition coefficient (Wildman–Crippen LogP) is 1.85. The minimum absolute atomic E-state index is 0.0494. The summed E-state index contributed by atoms with van der Waals surface area (Å²) in [6.45, 7) is 5.02. The first-order valence-electron chi connectivity index (χ1n) is 13.4. The molecule has 1 saturated heterocycles. The second kappa shape index (κ2) is 15.1. The number of cyclic esters (lactones) is 2. The van der Waals surface area contributed by atoms with Crippen LogP contribution >= 0.6 is 0 Å². The third kappa shape index (κ3) is 8.63. The molecule has 0 radical (unpaired) electrons. The highest BCUT2D eigenvalue weighted by molar-refractivity contribution is 5.80. The van der Waals surface area contributed by atoms with Crippen LogP contribution in [0.4, 0.5) is 0 Å². The van der Waals surface area contributed by atoms with E-state index in [0.717, 1.165) is 5.56 Å². The van der Waals surface area contributed by atoms with Crippen molar-refractivity contribution in [1.29, 1.82) is 0 Å². The number of pyridine rings is 1. The van der Waals surface area contributed by atoms with Gasteiger partial charge in [0.1, 0.15) is 30.4 Å². The summed E-state index contributed by atoms with van der Waals surface area (Å²) in [6, 6.07) is 9.21. The average molecular weight is 589 g/mol. The van der Waals surface area contributed by atoms with Gasteiger partial charge in [-0.2, -0.15) is 0 Å². The van der Waals surface area contributed by atoms with E-state index in [-0.39, 0.29) is 23.6 Å². The van der Waals surface area contributed by atoms with Crippen LogP contribution in [0.25, 0.3) is 0 Å². The fourth-order valence-corrected chi connectivity index (χ4v) is 4.15. The zero-order valence-electron chi connectivity index (χ0n) is 24.1. The Balaban J connectivity index is 1.86. The Bertz CT molecular complexity index is 1240. The molecule has 1 aliphatic heterocycles. The van der Waals surface area contributed by atoms with Gasteiger partial charge in [-0.1, -0.05) is 44.2 Å². The van der Waals surface area contributed by atoms with Crippen molar-refractivity contribution >= 4 is 23.9 Å². The van der Waals surface area contributed by atoms with Crippen LogP contribution in [0.3, 0.4) is 0 Å². The molecular formula is C29H36N2O11. The summed E-state index contributed by atoms with van der Waals surface area (Å²) >= 11 is 0. The molecule has 228 valence electrons. The number of aliphatic hydroxyl groups excluding tert-OH is 1. The lowest BCUT2D eigenvalue weighted by Crippen LogP contribution is -2.46. The van der Waals surface area contributed by atoms with Crippen molar-refractivity contribution in [2.45, 2.75) is 58.6 Å². The number of rotatable bonds is 11. The topological polar surface area (TPSA) is 169 Å². The summed E-state index contributed by atoms with van der Waals surface area (Å²) in [7, 11) is 1.36. The molecule has 5 atom stereocenters. The van der Waals surface area contributed by atoms with Crippen LogP contribution in [0, 0.1) is 11.8 Å². The molecule has 2 heterocycles. The summed E-state index contributed by atoms with van der Waals surface area (Å²) in [6.07, 6.45) is -2.33. The molecule has 2 unspecified atom stereocenters. The minimum Gasteiger partial charge on any atom is -0.493 e. The van der Waals surface area contributed by atoms with E-state index in [9.17, 15) is 24.3 Å². The van der Waals surface area contributed by atoms with Crippen molar-refractivity contribution in [2.75, 3.05) is 20.5 Å². The second-order valence-corrected chi connectivity index (χ2v) is 9.87. The van der Waals surface area contributed by atoms with E-state index < -0.39 is 73.6 Å². The SMILES string of the molecule is COc1ccnc(C(O)N[C@H]2COC(=O)[C@H](Cc3ccccc3)[C@@H](OC(=O)C(C)C)C(C)OC2=O)c1OCOC(C)=O. The first-order valence-corrected chi connectivity index (χ1v) is 13.4. The molecule has 1 aromatic heterocycles. The summed E-state index contributed by atoms with van der Waals surface area (Å²) in [4.78, 5) is 54.5. The number of benzene rings is 1. The van der Waals surface area contributed by atoms with Crippen LogP contribution in [0.1, 0.15) is 45.2 Å². The number of aliphatic hydroxyl groups is 1. The molecule has 13 nitrogen and oxygen atoms in total. The lowest BCUT2D eigenvalue weighted by atomic mass is 9.91. The quantitative estimate of drug-likeness (QED) is 0.222. The van der Waals surface area contributed by atoms with Crippen molar-refractivity contribution in [1.82, 2.24) is 10.3 Å². The number of carbonyl (C=O) groups excluding carboxylic acids is 4. The molecule has 2 N–H and O–H groups in total. The van der Waals surface area contributed by atoms with Gasteiger partial charge in [0.05, 0.1) is 13.0 Å². The molecule has 0 spiro atoms. The molecule has 42 heavy (non-hydrogen) atoms. The largest absolute Gasteiger partial charge is 0.493 e. The predicted molar refractivity (Wildman–Crippen MR) is 145 cm³/mol. The average Bonchev–Trinajstić information content (AvgIpc) is 2.99. The molecule has 0 bridgehead atoms. The Morgan fingerprint density at radius 2 is 1.86 bits per heavy atom. The van der Waals surface area contributed by atoms with E-state index in [1.54, 1.807) is 13.8 Å². The lowest BCUT2D eigenvalue weighted by molar-refractivity contribution is -0.176. The third-order valence-electron chi connectivity index (χ3n) is 6.36. The first-order chi connectivity index (χ1) is 20.0. The zero-order valence-corrected chi connectivity index (χ0v) is 24.1. The molecule has 0 saturated carbocycles. The second-order valence-electron chi connectivity index (χ2n) is 9.87. The fourth-order valence-electron chi connectivity index (χ4n) is 4.15. The van der Waals surface area contributed by atoms with Crippen LogP contribution in [-0.4, -0.2) is 72.7 Å². The lowest BCUT2D eigenvalue weighted by Gasteiger charge is -2.29. The fraction of sp³-hybridized carbons (Fsp3) is 0.483. The van der Waals surface area contributed by atoms with E-state index in [1.165, 1.54) is 33.2 Å². The number of nitrogens with one attached hydrogen (secondary N) is 1. The number of carbonyl (C=O) groups is 4. The minimum atomic E-state index is -1.64. The van der Waals surface area contributed by atoms with Gasteiger partial charge in [-0.25, -0.2) is 0 Å². The first kappa shape index (κ1) is 32.3. The van der Waals surface area contributed by atoms with Gasteiger partial charge in [0.25, 0.3) is 0 Å². The van der Waals surface area contributed by atoms with E-state index >= 15 is 0 Å². The molecule has 3 rings (SSSR count).